The van der Waals surface area contributed by atoms with Crippen molar-refractivity contribution in [2.45, 2.75) is 62.0 Å². The van der Waals surface area contributed by atoms with Gasteiger partial charge in [0.2, 0.25) is 11.8 Å². The lowest BCUT2D eigenvalue weighted by atomic mass is 10.0. The summed E-state index contributed by atoms with van der Waals surface area (Å²) < 4.78 is 25.7. The van der Waals surface area contributed by atoms with Crippen molar-refractivity contribution in [3.63, 3.8) is 0 Å². The first-order valence-corrected chi connectivity index (χ1v) is 12.8. The summed E-state index contributed by atoms with van der Waals surface area (Å²) in [7, 11) is 0. The van der Waals surface area contributed by atoms with Gasteiger partial charge in [-0.05, 0) is 74.9 Å². The van der Waals surface area contributed by atoms with Crippen LogP contribution in [0.2, 0.25) is 0 Å². The van der Waals surface area contributed by atoms with Crippen molar-refractivity contribution in [3.05, 3.63) is 71.3 Å². The Labute approximate surface area is 208 Å². The molecule has 0 bridgehead atoms. The summed E-state index contributed by atoms with van der Waals surface area (Å²) in [5, 5.41) is 0. The van der Waals surface area contributed by atoms with E-state index in [4.69, 9.17) is 0 Å². The van der Waals surface area contributed by atoms with Gasteiger partial charge in [-0.15, -0.1) is 0 Å². The van der Waals surface area contributed by atoms with Crippen LogP contribution >= 0.6 is 22.6 Å². The number of carbonyl (C=O) groups excluding carboxylic acids is 2. The second kappa shape index (κ2) is 11.9. The van der Waals surface area contributed by atoms with Crippen LogP contribution < -0.4 is 0 Å². The number of alkyl halides is 1. The first-order chi connectivity index (χ1) is 15.8. The smallest absolute Gasteiger partial charge is 0.236 e. The van der Waals surface area contributed by atoms with Crippen LogP contribution in [0, 0.1) is 11.6 Å². The molecule has 2 aromatic carbocycles. The molecule has 1 unspecified atom stereocenters. The van der Waals surface area contributed by atoms with Crippen LogP contribution in [-0.4, -0.2) is 38.6 Å². The van der Waals surface area contributed by atoms with Gasteiger partial charge in [0.15, 0.2) is 0 Å². The number of nitrogens with zero attached hydrogens (tertiary/aromatic N) is 2. The van der Waals surface area contributed by atoms with Gasteiger partial charge in [-0.1, -0.05) is 46.9 Å². The number of halogens is 3. The van der Waals surface area contributed by atoms with Gasteiger partial charge in [-0.25, -0.2) is 8.78 Å². The van der Waals surface area contributed by atoms with Gasteiger partial charge >= 0.3 is 0 Å². The monoisotopic (exact) mass is 568 g/mol. The number of carbonyl (C=O) groups is 2. The Kier molecular flexibility index (Phi) is 9.23. The predicted octanol–water partition coefficient (Wildman–Crippen LogP) is 6.21. The number of hydrogen-bond acceptors (Lipinski definition) is 2. The average Bonchev–Trinajstić information content (AvgIpc) is 2.82. The number of amides is 2. The molecule has 178 valence electrons. The van der Waals surface area contributed by atoms with Crippen molar-refractivity contribution in [2.75, 3.05) is 13.1 Å². The van der Waals surface area contributed by atoms with Gasteiger partial charge in [0.25, 0.3) is 0 Å². The fourth-order valence-electron chi connectivity index (χ4n) is 4.32. The van der Waals surface area contributed by atoms with E-state index < -0.39 is 0 Å². The summed E-state index contributed by atoms with van der Waals surface area (Å²) >= 11 is 2.20. The molecular weight excluding hydrogens is 537 g/mol. The highest BCUT2D eigenvalue weighted by molar-refractivity contribution is 14.1. The normalized spacial score (nSPS) is 20.7. The van der Waals surface area contributed by atoms with Crippen molar-refractivity contribution in [2.24, 2.45) is 0 Å². The molecule has 7 heteroatoms. The Morgan fingerprint density at radius 1 is 0.788 bits per heavy atom. The van der Waals surface area contributed by atoms with E-state index in [2.05, 4.69) is 22.6 Å². The van der Waals surface area contributed by atoms with Crippen LogP contribution in [0.15, 0.2) is 48.5 Å². The van der Waals surface area contributed by atoms with E-state index in [1.165, 1.54) is 24.3 Å². The molecule has 0 spiro atoms. The van der Waals surface area contributed by atoms with E-state index in [0.717, 1.165) is 49.9 Å². The summed E-state index contributed by atoms with van der Waals surface area (Å²) in [5.41, 5.74) is 1.99. The molecular formula is C26H31F2IN2O2. The molecule has 0 radical (unpaired) electrons. The average molecular weight is 568 g/mol. The van der Waals surface area contributed by atoms with Gasteiger partial charge in [-0.3, -0.25) is 9.59 Å². The quantitative estimate of drug-likeness (QED) is 0.325. The molecule has 2 saturated heterocycles. The van der Waals surface area contributed by atoms with E-state index >= 15 is 0 Å². The number of likely N-dealkylation sites (tertiary alicyclic amines) is 2. The highest BCUT2D eigenvalue weighted by atomic mass is 127. The molecule has 4 rings (SSSR count). The zero-order valence-corrected chi connectivity index (χ0v) is 21.3. The fraction of sp³-hybridized carbons (Fsp3) is 0.462. The summed E-state index contributed by atoms with van der Waals surface area (Å²) in [4.78, 5) is 27.6. The summed E-state index contributed by atoms with van der Waals surface area (Å²) in [6.45, 7) is 5.62. The Bertz CT molecular complexity index is 936. The van der Waals surface area contributed by atoms with Gasteiger partial charge in [-0.2, -0.15) is 0 Å². The Hall–Kier alpha value is -2.03. The zero-order chi connectivity index (χ0) is 24.0. The summed E-state index contributed by atoms with van der Waals surface area (Å²) in [6, 6.07) is 12.9. The number of rotatable bonds is 4. The molecule has 0 saturated carbocycles. The number of hydrogen-bond donors (Lipinski definition) is 0. The molecule has 2 aromatic rings. The van der Waals surface area contributed by atoms with Gasteiger partial charge in [0.1, 0.15) is 11.6 Å². The van der Waals surface area contributed by atoms with E-state index in [1.54, 1.807) is 24.3 Å². The Morgan fingerprint density at radius 3 is 1.79 bits per heavy atom. The van der Waals surface area contributed by atoms with Crippen LogP contribution in [0.5, 0.6) is 0 Å². The molecule has 3 atom stereocenters. The number of piperidine rings is 2. The topological polar surface area (TPSA) is 40.6 Å². The second-order valence-electron chi connectivity index (χ2n) is 8.64. The maximum absolute atomic E-state index is 12.8. The molecule has 0 N–H and O–H groups in total. The summed E-state index contributed by atoms with van der Waals surface area (Å²) in [5.74, 6) is -0.0599. The lowest BCUT2D eigenvalue weighted by molar-refractivity contribution is -0.136. The van der Waals surface area contributed by atoms with Crippen LogP contribution in [0.25, 0.3) is 0 Å². The molecule has 2 aliphatic heterocycles. The van der Waals surface area contributed by atoms with E-state index in [0.29, 0.717) is 6.42 Å². The van der Waals surface area contributed by atoms with Gasteiger partial charge < -0.3 is 9.80 Å². The first kappa shape index (κ1) is 25.6. The molecule has 0 aromatic heterocycles. The van der Waals surface area contributed by atoms with Crippen LogP contribution in [0.1, 0.15) is 69.2 Å². The number of benzene rings is 2. The molecule has 4 nitrogen and oxygen atoms in total. The molecule has 2 fully saturated rings. The summed E-state index contributed by atoms with van der Waals surface area (Å²) in [6.07, 6.45) is 4.71. The SMILES string of the molecule is C[C@@H](c1ccc(F)cc1)N1CCCC(I)C1=O.C[C@@H](c1ccc(F)cc1)N1CCCCC1=O. The van der Waals surface area contributed by atoms with Crippen LogP contribution in [0.3, 0.4) is 0 Å². The zero-order valence-electron chi connectivity index (χ0n) is 19.1. The van der Waals surface area contributed by atoms with Gasteiger partial charge in [0.05, 0.1) is 16.0 Å². The third-order valence-electron chi connectivity index (χ3n) is 6.41. The second-order valence-corrected chi connectivity index (χ2v) is 10.1. The fourth-order valence-corrected chi connectivity index (χ4v) is 5.12. The van der Waals surface area contributed by atoms with Crippen molar-refractivity contribution < 1.29 is 18.4 Å². The first-order valence-electron chi connectivity index (χ1n) is 11.5. The molecule has 2 amide bonds. The van der Waals surface area contributed by atoms with Crippen LogP contribution in [-0.2, 0) is 9.59 Å². The Balaban J connectivity index is 0.000000186. The predicted molar refractivity (Wildman–Crippen MR) is 134 cm³/mol. The molecule has 2 aliphatic rings. The lowest BCUT2D eigenvalue weighted by Crippen LogP contribution is -2.43. The van der Waals surface area contributed by atoms with Crippen molar-refractivity contribution in [1.82, 2.24) is 9.80 Å². The standard InChI is InChI=1S/C13H15FINO.C13H16FNO/c1-9(10-4-6-11(14)7-5-10)16-8-2-3-12(15)13(16)17;1-10(11-5-7-12(14)8-6-11)15-9-3-2-4-13(15)16/h4-7,9,12H,2-3,8H2,1H3;5-8,10H,2-4,9H2,1H3/t9-,12?;10-/m00/s1. The van der Waals surface area contributed by atoms with Crippen LogP contribution in [0.4, 0.5) is 8.78 Å². The lowest BCUT2D eigenvalue weighted by Gasteiger charge is -2.35. The maximum atomic E-state index is 12.8. The third-order valence-corrected chi connectivity index (χ3v) is 7.56. The Morgan fingerprint density at radius 2 is 1.27 bits per heavy atom. The van der Waals surface area contributed by atoms with Crippen molar-refractivity contribution in [1.29, 1.82) is 0 Å². The minimum atomic E-state index is -0.238. The highest BCUT2D eigenvalue weighted by Gasteiger charge is 2.30. The maximum Gasteiger partial charge on any atom is 0.236 e. The minimum absolute atomic E-state index is 0.0284. The van der Waals surface area contributed by atoms with Crippen molar-refractivity contribution in [3.8, 4) is 0 Å². The largest absolute Gasteiger partial charge is 0.336 e. The molecule has 2 heterocycles. The molecule has 0 aliphatic carbocycles. The van der Waals surface area contributed by atoms with E-state index in [1.807, 2.05) is 23.6 Å². The van der Waals surface area contributed by atoms with Gasteiger partial charge in [0, 0.05) is 19.5 Å². The van der Waals surface area contributed by atoms with E-state index in [9.17, 15) is 18.4 Å². The molecule has 33 heavy (non-hydrogen) atoms. The minimum Gasteiger partial charge on any atom is -0.336 e. The van der Waals surface area contributed by atoms with E-state index in [-0.39, 0.29) is 39.5 Å². The third kappa shape index (κ3) is 6.74. The highest BCUT2D eigenvalue weighted by Crippen LogP contribution is 2.28. The van der Waals surface area contributed by atoms with Crippen molar-refractivity contribution >= 4 is 34.4 Å².